The number of pyridine rings is 2. The topological polar surface area (TPSA) is 73.4 Å². The molecule has 0 fully saturated rings. The first-order valence-electron chi connectivity index (χ1n) is 5.32. The first-order valence-corrected chi connectivity index (χ1v) is 5.32. The molecular weight excluding hydrogens is 224 g/mol. The highest BCUT2D eigenvalue weighted by molar-refractivity contribution is 6.03. The van der Waals surface area contributed by atoms with Crippen molar-refractivity contribution in [1.82, 2.24) is 9.97 Å². The predicted molar refractivity (Wildman–Crippen MR) is 66.5 cm³/mol. The molecule has 4 nitrogen and oxygen atoms in total. The molecule has 0 aliphatic heterocycles. The maximum Gasteiger partial charge on any atom is 0.159 e. The summed E-state index contributed by atoms with van der Waals surface area (Å²) >= 11 is 0. The number of hydrogen-bond acceptors (Lipinski definition) is 4. The number of nitriles is 2. The van der Waals surface area contributed by atoms with Crippen LogP contribution in [-0.2, 0) is 0 Å². The van der Waals surface area contributed by atoms with E-state index in [0.29, 0.717) is 11.1 Å². The molecule has 0 saturated carbocycles. The Morgan fingerprint density at radius 3 is 2.56 bits per heavy atom. The van der Waals surface area contributed by atoms with Gasteiger partial charge >= 0.3 is 0 Å². The smallest absolute Gasteiger partial charge is 0.159 e. The average molecular weight is 230 g/mol. The van der Waals surface area contributed by atoms with E-state index in [1.807, 2.05) is 36.4 Å². The predicted octanol–water partition coefficient (Wildman–Crippen LogP) is 2.53. The fourth-order valence-electron chi connectivity index (χ4n) is 1.95. The molecule has 0 saturated heterocycles. The van der Waals surface area contributed by atoms with Crippen molar-refractivity contribution < 1.29 is 0 Å². The van der Waals surface area contributed by atoms with Gasteiger partial charge in [-0.25, -0.2) is 4.98 Å². The summed E-state index contributed by atoms with van der Waals surface area (Å²) in [7, 11) is 0. The Hall–Kier alpha value is -2.98. The van der Waals surface area contributed by atoms with Crippen molar-refractivity contribution in [3.8, 4) is 12.1 Å². The Morgan fingerprint density at radius 2 is 1.78 bits per heavy atom. The van der Waals surface area contributed by atoms with Crippen LogP contribution in [-0.4, -0.2) is 9.97 Å². The highest BCUT2D eigenvalue weighted by Gasteiger charge is 2.09. The molecule has 0 aliphatic carbocycles. The van der Waals surface area contributed by atoms with E-state index >= 15 is 0 Å². The molecule has 1 aromatic carbocycles. The minimum absolute atomic E-state index is 0.142. The second-order valence-electron chi connectivity index (χ2n) is 3.82. The van der Waals surface area contributed by atoms with Gasteiger partial charge in [0.15, 0.2) is 5.69 Å². The largest absolute Gasteiger partial charge is 0.254 e. The van der Waals surface area contributed by atoms with E-state index < -0.39 is 0 Å². The number of rotatable bonds is 0. The molecule has 0 N–H and O–H groups in total. The van der Waals surface area contributed by atoms with Crippen LogP contribution >= 0.6 is 0 Å². The molecule has 2 aromatic heterocycles. The van der Waals surface area contributed by atoms with E-state index in [1.54, 1.807) is 12.3 Å². The van der Waals surface area contributed by atoms with Gasteiger partial charge in [0.05, 0.1) is 16.6 Å². The monoisotopic (exact) mass is 230 g/mol. The third kappa shape index (κ3) is 1.37. The summed E-state index contributed by atoms with van der Waals surface area (Å²) in [5.41, 5.74) is 1.84. The standard InChI is InChI=1S/C14H6N4/c15-7-11-6-10-4-3-9-2-1-5-17-13(9)14(10)18-12(11)8-16/h1-6H. The van der Waals surface area contributed by atoms with Crippen molar-refractivity contribution in [3.05, 3.63) is 47.8 Å². The molecule has 0 spiro atoms. The van der Waals surface area contributed by atoms with E-state index in [4.69, 9.17) is 10.5 Å². The van der Waals surface area contributed by atoms with Crippen molar-refractivity contribution in [1.29, 1.82) is 10.5 Å². The third-order valence-electron chi connectivity index (χ3n) is 2.78. The van der Waals surface area contributed by atoms with Gasteiger partial charge in [-0.15, -0.1) is 0 Å². The molecular formula is C14H6N4. The fraction of sp³-hybridized carbons (Fsp3) is 0. The molecule has 0 unspecified atom stereocenters. The van der Waals surface area contributed by atoms with Gasteiger partial charge in [0.25, 0.3) is 0 Å². The summed E-state index contributed by atoms with van der Waals surface area (Å²) in [5.74, 6) is 0. The van der Waals surface area contributed by atoms with Crippen molar-refractivity contribution in [2.75, 3.05) is 0 Å². The van der Waals surface area contributed by atoms with E-state index in [0.717, 1.165) is 16.3 Å². The fourth-order valence-corrected chi connectivity index (χ4v) is 1.95. The molecule has 3 aromatic rings. The van der Waals surface area contributed by atoms with Gasteiger partial charge in [-0.3, -0.25) is 4.98 Å². The minimum atomic E-state index is 0.142. The van der Waals surface area contributed by atoms with Crippen LogP contribution in [0.25, 0.3) is 21.8 Å². The first kappa shape index (κ1) is 10.2. The third-order valence-corrected chi connectivity index (χ3v) is 2.78. The summed E-state index contributed by atoms with van der Waals surface area (Å²) in [6.07, 6.45) is 1.69. The Bertz CT molecular complexity index is 853. The maximum absolute atomic E-state index is 9.00. The minimum Gasteiger partial charge on any atom is -0.254 e. The lowest BCUT2D eigenvalue weighted by molar-refractivity contribution is 1.29. The Labute approximate surface area is 103 Å². The summed E-state index contributed by atoms with van der Waals surface area (Å²) < 4.78 is 0. The van der Waals surface area contributed by atoms with Crippen LogP contribution in [0.1, 0.15) is 11.3 Å². The lowest BCUT2D eigenvalue weighted by atomic mass is 10.1. The van der Waals surface area contributed by atoms with E-state index in [1.165, 1.54) is 0 Å². The van der Waals surface area contributed by atoms with Crippen LogP contribution < -0.4 is 0 Å². The van der Waals surface area contributed by atoms with Crippen molar-refractivity contribution in [3.63, 3.8) is 0 Å². The zero-order valence-electron chi connectivity index (χ0n) is 9.25. The molecule has 4 heteroatoms. The van der Waals surface area contributed by atoms with Gasteiger partial charge in [0, 0.05) is 17.0 Å². The van der Waals surface area contributed by atoms with E-state index in [2.05, 4.69) is 9.97 Å². The van der Waals surface area contributed by atoms with Crippen LogP contribution in [0.5, 0.6) is 0 Å². The SMILES string of the molecule is N#Cc1cc2ccc3cccnc3c2nc1C#N. The van der Waals surface area contributed by atoms with Gasteiger partial charge in [0.2, 0.25) is 0 Å². The lowest BCUT2D eigenvalue weighted by Gasteiger charge is -2.03. The normalized spacial score (nSPS) is 10.1. The number of hydrogen-bond donors (Lipinski definition) is 0. The summed E-state index contributed by atoms with van der Waals surface area (Å²) in [6, 6.07) is 13.2. The molecule has 18 heavy (non-hydrogen) atoms. The van der Waals surface area contributed by atoms with Crippen LogP contribution in [0.4, 0.5) is 0 Å². The quantitative estimate of drug-likeness (QED) is 0.556. The number of aromatic nitrogens is 2. The first-order chi connectivity index (χ1) is 8.83. The lowest BCUT2D eigenvalue weighted by Crippen LogP contribution is -1.92. The molecule has 3 rings (SSSR count). The van der Waals surface area contributed by atoms with Crippen LogP contribution in [0.2, 0.25) is 0 Å². The van der Waals surface area contributed by atoms with Gasteiger partial charge in [0.1, 0.15) is 12.1 Å². The van der Waals surface area contributed by atoms with Crippen LogP contribution in [0, 0.1) is 22.7 Å². The number of nitrogens with zero attached hydrogens (tertiary/aromatic N) is 4. The summed E-state index contributed by atoms with van der Waals surface area (Å²) in [5, 5.41) is 19.7. The zero-order chi connectivity index (χ0) is 12.5. The van der Waals surface area contributed by atoms with Crippen LogP contribution in [0.15, 0.2) is 36.5 Å². The number of benzene rings is 1. The molecule has 0 bridgehead atoms. The molecule has 0 aliphatic rings. The Kier molecular flexibility index (Phi) is 2.15. The molecule has 0 radical (unpaired) electrons. The highest BCUT2D eigenvalue weighted by Crippen LogP contribution is 2.23. The van der Waals surface area contributed by atoms with Gasteiger partial charge in [-0.2, -0.15) is 10.5 Å². The van der Waals surface area contributed by atoms with E-state index in [-0.39, 0.29) is 5.69 Å². The molecule has 0 amide bonds. The second kappa shape index (κ2) is 3.80. The zero-order valence-corrected chi connectivity index (χ0v) is 9.25. The average Bonchev–Trinajstić information content (AvgIpc) is 2.45. The molecule has 0 atom stereocenters. The Balaban J connectivity index is 2.53. The van der Waals surface area contributed by atoms with Crippen molar-refractivity contribution in [2.24, 2.45) is 0 Å². The van der Waals surface area contributed by atoms with Crippen molar-refractivity contribution >= 4 is 21.8 Å². The molecule has 82 valence electrons. The molecule has 2 heterocycles. The van der Waals surface area contributed by atoms with E-state index in [9.17, 15) is 0 Å². The maximum atomic E-state index is 9.00. The second-order valence-corrected chi connectivity index (χ2v) is 3.82. The van der Waals surface area contributed by atoms with Gasteiger partial charge in [-0.05, 0) is 12.1 Å². The van der Waals surface area contributed by atoms with Gasteiger partial charge in [-0.1, -0.05) is 18.2 Å². The van der Waals surface area contributed by atoms with Crippen molar-refractivity contribution in [2.45, 2.75) is 0 Å². The highest BCUT2D eigenvalue weighted by atomic mass is 14.8. The number of fused-ring (bicyclic) bond motifs is 3. The summed E-state index contributed by atoms with van der Waals surface area (Å²) in [6.45, 7) is 0. The van der Waals surface area contributed by atoms with Crippen LogP contribution in [0.3, 0.4) is 0 Å². The summed E-state index contributed by atoms with van der Waals surface area (Å²) in [4.78, 5) is 8.53. The Morgan fingerprint density at radius 1 is 0.944 bits per heavy atom. The van der Waals surface area contributed by atoms with Gasteiger partial charge < -0.3 is 0 Å².